The molecule has 132 valence electrons. The SMILES string of the molecule is CCOC(=O)/C=C/c1ccc(NS(=O)(=O)c2ccc(F)c(Cl)c2)cc1. The number of ether oxygens (including phenoxy) is 1. The van der Waals surface area contributed by atoms with E-state index in [1.807, 2.05) is 0 Å². The first-order valence-corrected chi connectivity index (χ1v) is 9.10. The fraction of sp³-hybridized carbons (Fsp3) is 0.118. The molecule has 2 rings (SSSR count). The second-order valence-corrected chi connectivity index (χ2v) is 6.98. The van der Waals surface area contributed by atoms with Gasteiger partial charge in [0.2, 0.25) is 0 Å². The van der Waals surface area contributed by atoms with Crippen LogP contribution in [0.5, 0.6) is 0 Å². The molecule has 0 amide bonds. The van der Waals surface area contributed by atoms with Crippen LogP contribution in [0, 0.1) is 5.82 Å². The minimum absolute atomic E-state index is 0.148. The summed E-state index contributed by atoms with van der Waals surface area (Å²) in [4.78, 5) is 11.1. The Morgan fingerprint density at radius 3 is 2.52 bits per heavy atom. The van der Waals surface area contributed by atoms with Crippen molar-refractivity contribution in [1.82, 2.24) is 0 Å². The zero-order valence-corrected chi connectivity index (χ0v) is 14.8. The average Bonchev–Trinajstić information content (AvgIpc) is 2.56. The van der Waals surface area contributed by atoms with Crippen LogP contribution in [0.4, 0.5) is 10.1 Å². The summed E-state index contributed by atoms with van der Waals surface area (Å²) >= 11 is 5.61. The number of hydrogen-bond acceptors (Lipinski definition) is 4. The molecular formula is C17H15ClFNO4S. The maximum absolute atomic E-state index is 13.1. The fourth-order valence-corrected chi connectivity index (χ4v) is 3.20. The van der Waals surface area contributed by atoms with Gasteiger partial charge in [-0.05, 0) is 48.9 Å². The topological polar surface area (TPSA) is 72.5 Å². The van der Waals surface area contributed by atoms with E-state index in [9.17, 15) is 17.6 Å². The van der Waals surface area contributed by atoms with Gasteiger partial charge in [0.1, 0.15) is 5.82 Å². The highest BCUT2D eigenvalue weighted by molar-refractivity contribution is 7.92. The summed E-state index contributed by atoms with van der Waals surface area (Å²) in [5.74, 6) is -1.15. The zero-order chi connectivity index (χ0) is 18.4. The van der Waals surface area contributed by atoms with Gasteiger partial charge in [-0.25, -0.2) is 17.6 Å². The van der Waals surface area contributed by atoms with Crippen molar-refractivity contribution in [3.8, 4) is 0 Å². The quantitative estimate of drug-likeness (QED) is 0.607. The molecule has 25 heavy (non-hydrogen) atoms. The van der Waals surface area contributed by atoms with Crippen molar-refractivity contribution in [2.45, 2.75) is 11.8 Å². The molecule has 5 nitrogen and oxygen atoms in total. The van der Waals surface area contributed by atoms with E-state index in [2.05, 4.69) is 4.72 Å². The molecule has 0 aliphatic heterocycles. The van der Waals surface area contributed by atoms with Gasteiger partial charge < -0.3 is 4.74 Å². The lowest BCUT2D eigenvalue weighted by molar-refractivity contribution is -0.137. The smallest absolute Gasteiger partial charge is 0.330 e. The van der Waals surface area contributed by atoms with Crippen molar-refractivity contribution in [2.24, 2.45) is 0 Å². The Morgan fingerprint density at radius 1 is 1.24 bits per heavy atom. The van der Waals surface area contributed by atoms with Crippen LogP contribution in [0.2, 0.25) is 5.02 Å². The molecule has 0 unspecified atom stereocenters. The maximum atomic E-state index is 13.1. The van der Waals surface area contributed by atoms with E-state index in [0.717, 1.165) is 18.2 Å². The predicted molar refractivity (Wildman–Crippen MR) is 94.3 cm³/mol. The molecule has 0 radical (unpaired) electrons. The molecule has 0 saturated carbocycles. The summed E-state index contributed by atoms with van der Waals surface area (Å²) in [6.45, 7) is 2.00. The van der Waals surface area contributed by atoms with E-state index in [1.165, 1.54) is 18.2 Å². The van der Waals surface area contributed by atoms with Crippen LogP contribution < -0.4 is 4.72 Å². The van der Waals surface area contributed by atoms with E-state index in [1.54, 1.807) is 25.1 Å². The van der Waals surface area contributed by atoms with Crippen LogP contribution in [0.25, 0.3) is 6.08 Å². The minimum Gasteiger partial charge on any atom is -0.463 e. The molecule has 2 aromatic carbocycles. The van der Waals surface area contributed by atoms with Gasteiger partial charge in [-0.3, -0.25) is 4.72 Å². The van der Waals surface area contributed by atoms with Gasteiger partial charge in [-0.15, -0.1) is 0 Å². The van der Waals surface area contributed by atoms with Gasteiger partial charge in [0.05, 0.1) is 16.5 Å². The van der Waals surface area contributed by atoms with Crippen LogP contribution in [-0.2, 0) is 19.6 Å². The standard InChI is InChI=1S/C17H15ClFNO4S/c1-2-24-17(21)10-5-12-3-6-13(7-4-12)20-25(22,23)14-8-9-16(19)15(18)11-14/h3-11,20H,2H2,1H3/b10-5+. The number of halogens is 2. The first-order valence-electron chi connectivity index (χ1n) is 7.24. The summed E-state index contributed by atoms with van der Waals surface area (Å²) in [5.41, 5.74) is 1.01. The van der Waals surface area contributed by atoms with E-state index < -0.39 is 21.8 Å². The zero-order valence-electron chi connectivity index (χ0n) is 13.2. The lowest BCUT2D eigenvalue weighted by Gasteiger charge is -2.09. The van der Waals surface area contributed by atoms with Crippen molar-refractivity contribution < 1.29 is 22.3 Å². The lowest BCUT2D eigenvalue weighted by Crippen LogP contribution is -2.13. The number of nitrogens with one attached hydrogen (secondary N) is 1. The highest BCUT2D eigenvalue weighted by Gasteiger charge is 2.16. The molecule has 0 heterocycles. The van der Waals surface area contributed by atoms with Gasteiger partial charge in [0, 0.05) is 11.8 Å². The van der Waals surface area contributed by atoms with E-state index in [4.69, 9.17) is 16.3 Å². The number of anilines is 1. The minimum atomic E-state index is -3.89. The second kappa shape index (κ2) is 8.13. The molecule has 0 aliphatic carbocycles. The maximum Gasteiger partial charge on any atom is 0.330 e. The largest absolute Gasteiger partial charge is 0.463 e. The number of rotatable bonds is 6. The Labute approximate surface area is 150 Å². The number of esters is 1. The van der Waals surface area contributed by atoms with Crippen molar-refractivity contribution in [2.75, 3.05) is 11.3 Å². The number of carbonyl (C=O) groups excluding carboxylic acids is 1. The summed E-state index contributed by atoms with van der Waals surface area (Å²) in [5, 5.41) is -0.276. The first-order chi connectivity index (χ1) is 11.8. The summed E-state index contributed by atoms with van der Waals surface area (Å²) < 4.78 is 44.8. The first kappa shape index (κ1) is 19.0. The molecule has 0 aromatic heterocycles. The summed E-state index contributed by atoms with van der Waals surface area (Å²) in [7, 11) is -3.89. The molecule has 1 N–H and O–H groups in total. The van der Waals surface area contributed by atoms with Gasteiger partial charge in [-0.2, -0.15) is 0 Å². The third-order valence-electron chi connectivity index (χ3n) is 3.06. The van der Waals surface area contributed by atoms with Crippen molar-refractivity contribution in [1.29, 1.82) is 0 Å². The highest BCUT2D eigenvalue weighted by Crippen LogP contribution is 2.22. The molecule has 0 bridgehead atoms. The van der Waals surface area contributed by atoms with E-state index >= 15 is 0 Å². The summed E-state index contributed by atoms with van der Waals surface area (Å²) in [6.07, 6.45) is 2.83. The van der Waals surface area contributed by atoms with Crippen molar-refractivity contribution >= 4 is 39.4 Å². The van der Waals surface area contributed by atoms with Crippen molar-refractivity contribution in [3.63, 3.8) is 0 Å². The Hall–Kier alpha value is -2.38. The molecule has 0 fully saturated rings. The van der Waals surface area contributed by atoms with Crippen LogP contribution in [0.1, 0.15) is 12.5 Å². The van der Waals surface area contributed by atoms with Crippen LogP contribution in [0.3, 0.4) is 0 Å². The number of carbonyl (C=O) groups is 1. The molecule has 0 saturated heterocycles. The van der Waals surface area contributed by atoms with Crippen molar-refractivity contribution in [3.05, 3.63) is 64.9 Å². The van der Waals surface area contributed by atoms with Crippen LogP contribution in [-0.4, -0.2) is 21.0 Å². The van der Waals surface area contributed by atoms with E-state index in [0.29, 0.717) is 11.3 Å². The van der Waals surface area contributed by atoms with Gasteiger partial charge in [-0.1, -0.05) is 23.7 Å². The Morgan fingerprint density at radius 2 is 1.92 bits per heavy atom. The third-order valence-corrected chi connectivity index (χ3v) is 4.73. The molecule has 8 heteroatoms. The molecule has 0 atom stereocenters. The van der Waals surface area contributed by atoms with Gasteiger partial charge >= 0.3 is 5.97 Å². The second-order valence-electron chi connectivity index (χ2n) is 4.89. The normalized spacial score (nSPS) is 11.5. The fourth-order valence-electron chi connectivity index (χ4n) is 1.87. The Kier molecular flexibility index (Phi) is 6.17. The highest BCUT2D eigenvalue weighted by atomic mass is 35.5. The number of sulfonamides is 1. The Balaban J connectivity index is 2.12. The lowest BCUT2D eigenvalue weighted by atomic mass is 10.2. The number of hydrogen-bond donors (Lipinski definition) is 1. The van der Waals surface area contributed by atoms with Gasteiger partial charge in [0.15, 0.2) is 0 Å². The predicted octanol–water partition coefficient (Wildman–Crippen LogP) is 3.86. The number of benzene rings is 2. The molecular weight excluding hydrogens is 369 g/mol. The van der Waals surface area contributed by atoms with Gasteiger partial charge in [0.25, 0.3) is 10.0 Å². The molecule has 0 spiro atoms. The van der Waals surface area contributed by atoms with Crippen LogP contribution >= 0.6 is 11.6 Å². The average molecular weight is 384 g/mol. The summed E-state index contributed by atoms with van der Waals surface area (Å²) in [6, 6.07) is 9.48. The Bertz CT molecular complexity index is 895. The molecule has 0 aliphatic rings. The monoisotopic (exact) mass is 383 g/mol. The van der Waals surface area contributed by atoms with Crippen LogP contribution in [0.15, 0.2) is 53.4 Å². The third kappa shape index (κ3) is 5.30. The molecule has 2 aromatic rings. The van der Waals surface area contributed by atoms with E-state index in [-0.39, 0.29) is 16.5 Å².